The van der Waals surface area contributed by atoms with E-state index in [1.165, 1.54) is 18.5 Å². The molecule has 1 aliphatic heterocycles. The Morgan fingerprint density at radius 3 is 2.73 bits per heavy atom. The Morgan fingerprint density at radius 1 is 1.09 bits per heavy atom. The van der Waals surface area contributed by atoms with Gasteiger partial charge in [-0.3, -0.25) is 4.79 Å². The van der Waals surface area contributed by atoms with Gasteiger partial charge in [-0.25, -0.2) is 0 Å². The summed E-state index contributed by atoms with van der Waals surface area (Å²) >= 11 is 0. The fraction of sp³-hybridized carbons (Fsp3) is 0.667. The standard InChI is InChI=1S/C9H13NO/c11-9-5-6-10-8-4-2-1-3-7(8)9/h10H,1-6H2. The summed E-state index contributed by atoms with van der Waals surface area (Å²) in [7, 11) is 0. The van der Waals surface area contributed by atoms with E-state index in [9.17, 15) is 4.79 Å². The van der Waals surface area contributed by atoms with Gasteiger partial charge in [-0.1, -0.05) is 0 Å². The number of carbonyl (C=O) groups is 1. The summed E-state index contributed by atoms with van der Waals surface area (Å²) in [5, 5.41) is 3.31. The average molecular weight is 151 g/mol. The molecule has 1 heterocycles. The Bertz CT molecular complexity index is 214. The molecular formula is C9H13NO. The first-order valence-electron chi connectivity index (χ1n) is 4.37. The quantitative estimate of drug-likeness (QED) is 0.566. The first-order valence-corrected chi connectivity index (χ1v) is 4.37. The van der Waals surface area contributed by atoms with Crippen LogP contribution in [0.15, 0.2) is 11.3 Å². The number of carbonyl (C=O) groups excluding carboxylic acids is 1. The van der Waals surface area contributed by atoms with E-state index >= 15 is 0 Å². The van der Waals surface area contributed by atoms with E-state index in [0.717, 1.165) is 25.0 Å². The van der Waals surface area contributed by atoms with Crippen LogP contribution in [0.4, 0.5) is 0 Å². The molecule has 0 aromatic carbocycles. The van der Waals surface area contributed by atoms with Gasteiger partial charge in [0.05, 0.1) is 0 Å². The molecule has 0 fully saturated rings. The largest absolute Gasteiger partial charge is 0.388 e. The second-order valence-corrected chi connectivity index (χ2v) is 3.26. The van der Waals surface area contributed by atoms with Crippen molar-refractivity contribution in [3.63, 3.8) is 0 Å². The van der Waals surface area contributed by atoms with Crippen molar-refractivity contribution in [3.8, 4) is 0 Å². The van der Waals surface area contributed by atoms with Gasteiger partial charge in [-0.05, 0) is 25.7 Å². The van der Waals surface area contributed by atoms with Gasteiger partial charge >= 0.3 is 0 Å². The minimum atomic E-state index is 0.387. The Morgan fingerprint density at radius 2 is 1.91 bits per heavy atom. The lowest BCUT2D eigenvalue weighted by molar-refractivity contribution is -0.116. The van der Waals surface area contributed by atoms with Gasteiger partial charge in [-0.2, -0.15) is 0 Å². The van der Waals surface area contributed by atoms with Crippen molar-refractivity contribution in [3.05, 3.63) is 11.3 Å². The first kappa shape index (κ1) is 6.89. The highest BCUT2D eigenvalue weighted by Crippen LogP contribution is 2.26. The Hall–Kier alpha value is -0.790. The lowest BCUT2D eigenvalue weighted by Crippen LogP contribution is -2.29. The van der Waals surface area contributed by atoms with Gasteiger partial charge in [0, 0.05) is 24.2 Å². The van der Waals surface area contributed by atoms with Crippen LogP contribution in [0.2, 0.25) is 0 Å². The molecular weight excluding hydrogens is 138 g/mol. The second-order valence-electron chi connectivity index (χ2n) is 3.26. The molecule has 0 aromatic heterocycles. The van der Waals surface area contributed by atoms with Crippen molar-refractivity contribution < 1.29 is 4.79 Å². The minimum absolute atomic E-state index is 0.387. The van der Waals surface area contributed by atoms with Crippen molar-refractivity contribution in [2.45, 2.75) is 32.1 Å². The lowest BCUT2D eigenvalue weighted by Gasteiger charge is -2.24. The van der Waals surface area contributed by atoms with Gasteiger partial charge in [0.2, 0.25) is 0 Å². The van der Waals surface area contributed by atoms with Crippen molar-refractivity contribution >= 4 is 5.78 Å². The molecule has 2 rings (SSSR count). The van der Waals surface area contributed by atoms with Crippen LogP contribution < -0.4 is 5.32 Å². The van der Waals surface area contributed by atoms with Crippen LogP contribution in [-0.2, 0) is 4.79 Å². The molecule has 1 N–H and O–H groups in total. The highest BCUT2D eigenvalue weighted by Gasteiger charge is 2.21. The predicted molar refractivity (Wildman–Crippen MR) is 43.1 cm³/mol. The van der Waals surface area contributed by atoms with Crippen LogP contribution in [0.25, 0.3) is 0 Å². The Kier molecular flexibility index (Phi) is 1.68. The van der Waals surface area contributed by atoms with Crippen molar-refractivity contribution in [1.82, 2.24) is 5.32 Å². The van der Waals surface area contributed by atoms with Gasteiger partial charge in [0.1, 0.15) is 0 Å². The maximum Gasteiger partial charge on any atom is 0.162 e. The van der Waals surface area contributed by atoms with Gasteiger partial charge in [0.15, 0.2) is 5.78 Å². The fourth-order valence-corrected chi connectivity index (χ4v) is 1.89. The summed E-state index contributed by atoms with van der Waals surface area (Å²) in [6.07, 6.45) is 5.27. The molecule has 0 saturated heterocycles. The molecule has 2 aliphatic rings. The van der Waals surface area contributed by atoms with Gasteiger partial charge in [-0.15, -0.1) is 0 Å². The highest BCUT2D eigenvalue weighted by molar-refractivity contribution is 5.97. The molecule has 0 saturated carbocycles. The van der Waals surface area contributed by atoms with Crippen molar-refractivity contribution in [2.75, 3.05) is 6.54 Å². The maximum absolute atomic E-state index is 11.3. The number of hydrogen-bond donors (Lipinski definition) is 1. The minimum Gasteiger partial charge on any atom is -0.388 e. The first-order chi connectivity index (χ1) is 5.38. The van der Waals surface area contributed by atoms with Crippen LogP contribution in [0.5, 0.6) is 0 Å². The van der Waals surface area contributed by atoms with E-state index in [2.05, 4.69) is 5.32 Å². The zero-order chi connectivity index (χ0) is 7.68. The molecule has 11 heavy (non-hydrogen) atoms. The Labute approximate surface area is 66.7 Å². The number of rotatable bonds is 0. The molecule has 2 heteroatoms. The molecule has 2 nitrogen and oxygen atoms in total. The van der Waals surface area contributed by atoms with E-state index in [1.807, 2.05) is 0 Å². The van der Waals surface area contributed by atoms with E-state index in [4.69, 9.17) is 0 Å². The average Bonchev–Trinajstić information content (AvgIpc) is 2.06. The molecule has 0 aromatic rings. The van der Waals surface area contributed by atoms with Crippen LogP contribution in [0.1, 0.15) is 32.1 Å². The van der Waals surface area contributed by atoms with Gasteiger partial charge in [0.25, 0.3) is 0 Å². The van der Waals surface area contributed by atoms with E-state index in [-0.39, 0.29) is 0 Å². The normalized spacial score (nSPS) is 24.5. The molecule has 0 atom stereocenters. The summed E-state index contributed by atoms with van der Waals surface area (Å²) in [5.41, 5.74) is 2.34. The molecule has 0 amide bonds. The summed E-state index contributed by atoms with van der Waals surface area (Å²) in [6.45, 7) is 0.859. The van der Waals surface area contributed by atoms with Crippen molar-refractivity contribution in [1.29, 1.82) is 0 Å². The third-order valence-corrected chi connectivity index (χ3v) is 2.49. The third kappa shape index (κ3) is 1.17. The van der Waals surface area contributed by atoms with Crippen LogP contribution in [0, 0.1) is 0 Å². The summed E-state index contributed by atoms with van der Waals surface area (Å²) in [6, 6.07) is 0. The SMILES string of the molecule is O=C1CCNC2=C1CCCC2. The summed E-state index contributed by atoms with van der Waals surface area (Å²) in [4.78, 5) is 11.3. The summed E-state index contributed by atoms with van der Waals surface area (Å²) in [5.74, 6) is 0.387. The molecule has 1 aliphatic carbocycles. The molecule has 0 spiro atoms. The molecule has 0 radical (unpaired) electrons. The fourth-order valence-electron chi connectivity index (χ4n) is 1.89. The third-order valence-electron chi connectivity index (χ3n) is 2.49. The number of hydrogen-bond acceptors (Lipinski definition) is 2. The number of allylic oxidation sites excluding steroid dienone is 2. The smallest absolute Gasteiger partial charge is 0.162 e. The molecule has 0 bridgehead atoms. The van der Waals surface area contributed by atoms with Gasteiger partial charge < -0.3 is 5.32 Å². The van der Waals surface area contributed by atoms with Crippen LogP contribution >= 0.6 is 0 Å². The van der Waals surface area contributed by atoms with Crippen LogP contribution in [0.3, 0.4) is 0 Å². The predicted octanol–water partition coefficient (Wildman–Crippen LogP) is 1.38. The lowest BCUT2D eigenvalue weighted by atomic mass is 9.90. The number of nitrogens with one attached hydrogen (secondary N) is 1. The van der Waals surface area contributed by atoms with Crippen molar-refractivity contribution in [2.24, 2.45) is 0 Å². The monoisotopic (exact) mass is 151 g/mol. The zero-order valence-electron chi connectivity index (χ0n) is 6.65. The molecule has 60 valence electrons. The van der Waals surface area contributed by atoms with E-state index in [0.29, 0.717) is 12.2 Å². The van der Waals surface area contributed by atoms with E-state index in [1.54, 1.807) is 0 Å². The highest BCUT2D eigenvalue weighted by atomic mass is 16.1. The molecule has 0 unspecified atom stereocenters. The van der Waals surface area contributed by atoms with E-state index < -0.39 is 0 Å². The number of Topliss-reactive ketones (excluding diaryl/α,β-unsaturated/α-hetero) is 1. The maximum atomic E-state index is 11.3. The number of ketones is 1. The topological polar surface area (TPSA) is 29.1 Å². The van der Waals surface area contributed by atoms with Crippen LogP contribution in [-0.4, -0.2) is 12.3 Å². The Balaban J connectivity index is 2.27. The summed E-state index contributed by atoms with van der Waals surface area (Å²) < 4.78 is 0. The second kappa shape index (κ2) is 2.68. The zero-order valence-corrected chi connectivity index (χ0v) is 6.65.